The van der Waals surface area contributed by atoms with Gasteiger partial charge in [-0.3, -0.25) is 0 Å². The van der Waals surface area contributed by atoms with Crippen molar-refractivity contribution in [2.45, 2.75) is 67.2 Å². The van der Waals surface area contributed by atoms with Crippen molar-refractivity contribution in [1.82, 2.24) is 4.90 Å². The van der Waals surface area contributed by atoms with Crippen LogP contribution < -0.4 is 0 Å². The summed E-state index contributed by atoms with van der Waals surface area (Å²) in [6.45, 7) is 16.5. The van der Waals surface area contributed by atoms with Gasteiger partial charge < -0.3 is 10.0 Å². The van der Waals surface area contributed by atoms with E-state index in [0.29, 0.717) is 0 Å². The molecule has 0 aliphatic rings. The van der Waals surface area contributed by atoms with Crippen LogP contribution in [0.1, 0.15) is 67.2 Å². The van der Waals surface area contributed by atoms with Crippen molar-refractivity contribution in [1.29, 1.82) is 0 Å². The van der Waals surface area contributed by atoms with Crippen molar-refractivity contribution in [2.24, 2.45) is 0 Å². The predicted octanol–water partition coefficient (Wildman–Crippen LogP) is 5.35. The summed E-state index contributed by atoms with van der Waals surface area (Å²) in [5.74, 6) is 0. The molecule has 0 fully saturated rings. The average molecular weight is 318 g/mol. The number of aliphatic hydroxyl groups excluding tert-OH is 1. The van der Waals surface area contributed by atoms with Gasteiger partial charge in [-0.25, -0.2) is 0 Å². The molecule has 4 heteroatoms. The number of alkyl halides is 2. The molecule has 0 aromatic carbocycles. The van der Waals surface area contributed by atoms with E-state index in [1.165, 1.54) is 45.3 Å². The van der Waals surface area contributed by atoms with Crippen LogP contribution in [0.2, 0.25) is 0 Å². The second-order valence-electron chi connectivity index (χ2n) is 3.74. The molecule has 0 radical (unpaired) electrons. The zero-order chi connectivity index (χ0) is 15.9. The summed E-state index contributed by atoms with van der Waals surface area (Å²) in [4.78, 5) is 2.38. The van der Waals surface area contributed by atoms with Crippen molar-refractivity contribution < 1.29 is 5.11 Å². The molecule has 0 bridgehead atoms. The van der Waals surface area contributed by atoms with Gasteiger partial charge in [-0.2, -0.15) is 0 Å². The zero-order valence-electron chi connectivity index (χ0n) is 14.0. The lowest BCUT2D eigenvalue weighted by molar-refractivity contribution is 0.318. The second kappa shape index (κ2) is 36.3. The van der Waals surface area contributed by atoms with Gasteiger partial charge in [-0.15, -0.1) is 23.2 Å². The summed E-state index contributed by atoms with van der Waals surface area (Å²) in [5.41, 5.74) is 0. The van der Waals surface area contributed by atoms with Crippen LogP contribution in [-0.2, 0) is 0 Å². The lowest BCUT2D eigenvalue weighted by Crippen LogP contribution is -2.21. The van der Waals surface area contributed by atoms with Gasteiger partial charge in [-0.1, -0.05) is 60.3 Å². The highest BCUT2D eigenvalue weighted by molar-refractivity contribution is 6.40. The van der Waals surface area contributed by atoms with Gasteiger partial charge in [0, 0.05) is 6.61 Å². The van der Waals surface area contributed by atoms with E-state index in [-0.39, 0.29) is 11.9 Å². The van der Waals surface area contributed by atoms with E-state index in [4.69, 9.17) is 28.3 Å². The smallest absolute Gasteiger partial charge is 0.0967 e. The quantitative estimate of drug-likeness (QED) is 0.527. The van der Waals surface area contributed by atoms with E-state index < -0.39 is 0 Å². The number of rotatable bonds is 6. The Morgan fingerprint density at radius 2 is 0.947 bits per heavy atom. The van der Waals surface area contributed by atoms with Crippen LogP contribution in [0.5, 0.6) is 0 Å². The molecule has 19 heavy (non-hydrogen) atoms. The number of hydrogen-bond acceptors (Lipinski definition) is 2. The Balaban J connectivity index is -0.0000000851. The zero-order valence-corrected chi connectivity index (χ0v) is 15.5. The Morgan fingerprint density at radius 3 is 1.00 bits per heavy atom. The van der Waals surface area contributed by atoms with E-state index in [1.807, 2.05) is 0 Å². The first-order chi connectivity index (χ1) is 9.09. The highest BCUT2D eigenvalue weighted by atomic mass is 35.5. The molecule has 0 unspecified atom stereocenters. The first kappa shape index (κ1) is 27.8. The molecular weight excluding hydrogens is 281 g/mol. The molecule has 1 N–H and O–H groups in total. The molecular formula is C15H37Cl2NO. The summed E-state index contributed by atoms with van der Waals surface area (Å²) in [5, 5.41) is 7.76. The monoisotopic (exact) mass is 317 g/mol. The topological polar surface area (TPSA) is 23.5 Å². The third kappa shape index (κ3) is 55.8. The molecule has 0 atom stereocenters. The molecule has 0 aliphatic carbocycles. The van der Waals surface area contributed by atoms with Crippen LogP contribution in [0.15, 0.2) is 0 Å². The Hall–Kier alpha value is 0.500. The van der Waals surface area contributed by atoms with Gasteiger partial charge in [0.2, 0.25) is 0 Å². The minimum absolute atomic E-state index is 0.194. The lowest BCUT2D eigenvalue weighted by atomic mass is 10.2. The number of unbranched alkanes of at least 4 members (excludes halogenated alkanes) is 3. The first-order valence-electron chi connectivity index (χ1n) is 7.54. The van der Waals surface area contributed by atoms with Crippen molar-refractivity contribution >= 4 is 23.2 Å². The molecule has 0 spiro atoms. The Morgan fingerprint density at radius 1 is 0.737 bits per heavy atom. The summed E-state index contributed by atoms with van der Waals surface area (Å²) < 4.78 is 0. The number of aliphatic hydroxyl groups is 1. The van der Waals surface area contributed by atoms with Gasteiger partial charge >= 0.3 is 0 Å². The lowest BCUT2D eigenvalue weighted by Gasteiger charge is -2.13. The SMILES string of the molecule is CCCCCC.CCN(CC)CC.CCO.ClCCl. The molecule has 0 saturated carbocycles. The van der Waals surface area contributed by atoms with Crippen molar-refractivity contribution in [3.63, 3.8) is 0 Å². The summed E-state index contributed by atoms with van der Waals surface area (Å²) in [6.07, 6.45) is 5.54. The van der Waals surface area contributed by atoms with E-state index in [1.54, 1.807) is 6.92 Å². The van der Waals surface area contributed by atoms with E-state index in [0.717, 1.165) is 0 Å². The minimum Gasteiger partial charge on any atom is -0.397 e. The fourth-order valence-corrected chi connectivity index (χ4v) is 1.17. The standard InChI is InChI=1S/C6H15N.C6H14.C2H6O.CH2Cl2/c1-4-7(5-2)6-3;1-3-5-6-4-2;1-2-3;2-1-3/h4-6H2,1-3H3;3-6H2,1-2H3;3H,2H2,1H3;1H2. The maximum absolute atomic E-state index is 7.57. The third-order valence-electron chi connectivity index (χ3n) is 2.30. The number of hydrogen-bond donors (Lipinski definition) is 1. The van der Waals surface area contributed by atoms with Gasteiger partial charge in [0.05, 0.1) is 5.34 Å². The molecule has 0 saturated heterocycles. The molecule has 0 heterocycles. The summed E-state index contributed by atoms with van der Waals surface area (Å²) >= 11 is 9.53. The Bertz CT molecular complexity index is 90.6. The molecule has 0 aromatic heterocycles. The Kier molecular flexibility index (Phi) is 53.0. The minimum atomic E-state index is 0.194. The normalized spacial score (nSPS) is 8.53. The molecule has 0 aliphatic heterocycles. The average Bonchev–Trinajstić information content (AvgIpc) is 2.41. The number of nitrogens with zero attached hydrogens (tertiary/aromatic N) is 1. The summed E-state index contributed by atoms with van der Waals surface area (Å²) in [6, 6.07) is 0. The van der Waals surface area contributed by atoms with Crippen LogP contribution >= 0.6 is 23.2 Å². The van der Waals surface area contributed by atoms with Crippen LogP contribution in [0.4, 0.5) is 0 Å². The molecule has 0 rings (SSSR count). The van der Waals surface area contributed by atoms with Crippen molar-refractivity contribution in [3.05, 3.63) is 0 Å². The van der Waals surface area contributed by atoms with Crippen molar-refractivity contribution in [2.75, 3.05) is 31.6 Å². The van der Waals surface area contributed by atoms with E-state index in [9.17, 15) is 0 Å². The molecule has 122 valence electrons. The largest absolute Gasteiger partial charge is 0.397 e. The maximum atomic E-state index is 7.57. The van der Waals surface area contributed by atoms with Crippen LogP contribution in [0.3, 0.4) is 0 Å². The second-order valence-corrected chi connectivity index (χ2v) is 4.55. The Labute approximate surface area is 132 Å². The first-order valence-corrected chi connectivity index (χ1v) is 8.61. The number of halogens is 2. The van der Waals surface area contributed by atoms with Crippen LogP contribution in [0, 0.1) is 0 Å². The van der Waals surface area contributed by atoms with Crippen LogP contribution in [-0.4, -0.2) is 41.6 Å². The molecule has 2 nitrogen and oxygen atoms in total. The highest BCUT2D eigenvalue weighted by Gasteiger charge is 1.89. The fourth-order valence-electron chi connectivity index (χ4n) is 1.17. The van der Waals surface area contributed by atoms with E-state index in [2.05, 4.69) is 39.5 Å². The van der Waals surface area contributed by atoms with Gasteiger partial charge in [0.15, 0.2) is 0 Å². The van der Waals surface area contributed by atoms with Gasteiger partial charge in [-0.05, 0) is 26.6 Å². The molecule has 0 aromatic rings. The third-order valence-corrected chi connectivity index (χ3v) is 2.30. The van der Waals surface area contributed by atoms with Crippen molar-refractivity contribution in [3.8, 4) is 0 Å². The van der Waals surface area contributed by atoms with E-state index >= 15 is 0 Å². The summed E-state index contributed by atoms with van der Waals surface area (Å²) in [7, 11) is 0. The fraction of sp³-hybridized carbons (Fsp3) is 1.00. The van der Waals surface area contributed by atoms with Gasteiger partial charge in [0.25, 0.3) is 0 Å². The van der Waals surface area contributed by atoms with Crippen LogP contribution in [0.25, 0.3) is 0 Å². The highest BCUT2D eigenvalue weighted by Crippen LogP contribution is 1.95. The van der Waals surface area contributed by atoms with Gasteiger partial charge in [0.1, 0.15) is 0 Å². The predicted molar refractivity (Wildman–Crippen MR) is 92.6 cm³/mol. The maximum Gasteiger partial charge on any atom is 0.0967 e. The molecule has 0 amide bonds.